The fourth-order valence-electron chi connectivity index (χ4n) is 3.47. The second-order valence-electron chi connectivity index (χ2n) is 6.84. The molecule has 1 aromatic rings. The first-order valence-corrected chi connectivity index (χ1v) is 8.21. The van der Waals surface area contributed by atoms with Gasteiger partial charge in [0, 0.05) is 50.7 Å². The highest BCUT2D eigenvalue weighted by molar-refractivity contribution is 5.31. The number of hydrogen-bond donors (Lipinski definition) is 0. The molecule has 3 heteroatoms. The van der Waals surface area contributed by atoms with Gasteiger partial charge >= 0.3 is 0 Å². The molecule has 2 saturated carbocycles. The van der Waals surface area contributed by atoms with Gasteiger partial charge in [-0.15, -0.1) is 0 Å². The summed E-state index contributed by atoms with van der Waals surface area (Å²) in [5, 5.41) is 0. The van der Waals surface area contributed by atoms with Crippen LogP contribution in [0.15, 0.2) is 12.3 Å². The van der Waals surface area contributed by atoms with E-state index in [0.29, 0.717) is 0 Å². The van der Waals surface area contributed by atoms with E-state index < -0.39 is 0 Å². The molecule has 2 aliphatic carbocycles. The summed E-state index contributed by atoms with van der Waals surface area (Å²) in [6.07, 6.45) is 7.70. The highest BCUT2D eigenvalue weighted by atomic mass is 15.3. The van der Waals surface area contributed by atoms with Gasteiger partial charge in [-0.2, -0.15) is 0 Å². The largest absolute Gasteiger partial charge is 0.298 e. The van der Waals surface area contributed by atoms with Crippen molar-refractivity contribution in [2.24, 2.45) is 0 Å². The zero-order valence-corrected chi connectivity index (χ0v) is 12.5. The first-order chi connectivity index (χ1) is 9.79. The molecule has 3 fully saturated rings. The number of nitrogens with zero attached hydrogens (tertiary/aromatic N) is 3. The number of aromatic nitrogens is 1. The van der Waals surface area contributed by atoms with Crippen LogP contribution >= 0.6 is 0 Å². The predicted molar refractivity (Wildman–Crippen MR) is 80.8 cm³/mol. The van der Waals surface area contributed by atoms with Gasteiger partial charge in [0.25, 0.3) is 0 Å². The normalized spacial score (nSPS) is 25.1. The monoisotopic (exact) mass is 271 g/mol. The van der Waals surface area contributed by atoms with E-state index in [-0.39, 0.29) is 0 Å². The average molecular weight is 271 g/mol. The maximum Gasteiger partial charge on any atom is 0.0407 e. The van der Waals surface area contributed by atoms with Gasteiger partial charge in [0.1, 0.15) is 0 Å². The Morgan fingerprint density at radius 2 is 1.85 bits per heavy atom. The molecule has 4 rings (SSSR count). The zero-order chi connectivity index (χ0) is 13.5. The summed E-state index contributed by atoms with van der Waals surface area (Å²) in [6.45, 7) is 8.22. The highest BCUT2D eigenvalue weighted by Crippen LogP contribution is 2.41. The molecule has 0 spiro atoms. The van der Waals surface area contributed by atoms with E-state index in [9.17, 15) is 0 Å². The van der Waals surface area contributed by atoms with Crippen LogP contribution in [0.5, 0.6) is 0 Å². The molecule has 0 radical (unpaired) electrons. The van der Waals surface area contributed by atoms with Crippen LogP contribution in [0, 0.1) is 6.92 Å². The van der Waals surface area contributed by atoms with E-state index >= 15 is 0 Å². The van der Waals surface area contributed by atoms with Crippen LogP contribution in [0.2, 0.25) is 0 Å². The highest BCUT2D eigenvalue weighted by Gasteiger charge is 2.31. The Hall–Kier alpha value is -0.930. The third-order valence-electron chi connectivity index (χ3n) is 5.08. The zero-order valence-electron chi connectivity index (χ0n) is 12.5. The number of hydrogen-bond acceptors (Lipinski definition) is 3. The van der Waals surface area contributed by atoms with Crippen molar-refractivity contribution >= 4 is 0 Å². The maximum absolute atomic E-state index is 4.62. The SMILES string of the molecule is Cc1ncc(CN2CCN(C3CC3)CC2)cc1C1CC1. The lowest BCUT2D eigenvalue weighted by Crippen LogP contribution is -2.46. The van der Waals surface area contributed by atoms with Crippen molar-refractivity contribution in [1.29, 1.82) is 0 Å². The summed E-state index contributed by atoms with van der Waals surface area (Å²) in [5.41, 5.74) is 4.17. The quantitative estimate of drug-likeness (QED) is 0.839. The Bertz CT molecular complexity index is 483. The van der Waals surface area contributed by atoms with Crippen LogP contribution in [-0.4, -0.2) is 47.0 Å². The second-order valence-corrected chi connectivity index (χ2v) is 6.84. The third-order valence-corrected chi connectivity index (χ3v) is 5.08. The Morgan fingerprint density at radius 1 is 1.10 bits per heavy atom. The lowest BCUT2D eigenvalue weighted by molar-refractivity contribution is 0.121. The van der Waals surface area contributed by atoms with E-state index in [1.165, 1.54) is 68.7 Å². The first kappa shape index (κ1) is 12.8. The smallest absolute Gasteiger partial charge is 0.0407 e. The molecule has 20 heavy (non-hydrogen) atoms. The number of aryl methyl sites for hydroxylation is 1. The van der Waals surface area contributed by atoms with Crippen molar-refractivity contribution in [2.45, 2.75) is 51.1 Å². The van der Waals surface area contributed by atoms with Gasteiger partial charge in [0.05, 0.1) is 0 Å². The van der Waals surface area contributed by atoms with Crippen LogP contribution in [0.3, 0.4) is 0 Å². The summed E-state index contributed by atoms with van der Waals surface area (Å²) >= 11 is 0. The van der Waals surface area contributed by atoms with Crippen LogP contribution in [-0.2, 0) is 6.54 Å². The molecule has 0 amide bonds. The van der Waals surface area contributed by atoms with E-state index in [4.69, 9.17) is 0 Å². The Kier molecular flexibility index (Phi) is 3.27. The minimum absolute atomic E-state index is 0.814. The van der Waals surface area contributed by atoms with Crippen molar-refractivity contribution in [2.75, 3.05) is 26.2 Å². The Balaban J connectivity index is 1.38. The van der Waals surface area contributed by atoms with Gasteiger partial charge in [-0.3, -0.25) is 14.8 Å². The molecule has 1 aliphatic heterocycles. The molecule has 1 aromatic heterocycles. The van der Waals surface area contributed by atoms with Crippen LogP contribution < -0.4 is 0 Å². The van der Waals surface area contributed by atoms with Crippen LogP contribution in [0.4, 0.5) is 0 Å². The standard InChI is InChI=1S/C17H25N3/c1-13-17(15-2-3-15)10-14(11-18-13)12-19-6-8-20(9-7-19)16-4-5-16/h10-11,15-16H,2-9,12H2,1H3. The minimum atomic E-state index is 0.814. The number of rotatable bonds is 4. The Labute approximate surface area is 122 Å². The van der Waals surface area contributed by atoms with Gasteiger partial charge in [-0.25, -0.2) is 0 Å². The maximum atomic E-state index is 4.62. The molecule has 0 atom stereocenters. The summed E-state index contributed by atoms with van der Waals surface area (Å²) < 4.78 is 0. The Morgan fingerprint density at radius 3 is 2.50 bits per heavy atom. The third kappa shape index (κ3) is 2.75. The van der Waals surface area contributed by atoms with Gasteiger partial charge in [-0.1, -0.05) is 6.07 Å². The molecule has 3 aliphatic rings. The lowest BCUT2D eigenvalue weighted by Gasteiger charge is -2.34. The van der Waals surface area contributed by atoms with E-state index in [1.807, 2.05) is 0 Å². The van der Waals surface area contributed by atoms with Crippen LogP contribution in [0.1, 0.15) is 48.4 Å². The van der Waals surface area contributed by atoms with Crippen molar-refractivity contribution < 1.29 is 0 Å². The average Bonchev–Trinajstić information content (AvgIpc) is 3.34. The molecule has 108 valence electrons. The summed E-state index contributed by atoms with van der Waals surface area (Å²) in [6, 6.07) is 3.35. The van der Waals surface area contributed by atoms with Gasteiger partial charge in [0.15, 0.2) is 0 Å². The molecule has 3 nitrogen and oxygen atoms in total. The predicted octanol–water partition coefficient (Wildman–Crippen LogP) is 2.55. The topological polar surface area (TPSA) is 19.4 Å². The molecule has 2 heterocycles. The molecule has 0 aromatic carbocycles. The number of pyridine rings is 1. The minimum Gasteiger partial charge on any atom is -0.298 e. The van der Waals surface area contributed by atoms with Gasteiger partial charge in [-0.05, 0) is 49.7 Å². The molecule has 0 unspecified atom stereocenters. The molecular formula is C17H25N3. The molecular weight excluding hydrogens is 246 g/mol. The second kappa shape index (κ2) is 5.12. The van der Waals surface area contributed by atoms with E-state index in [1.54, 1.807) is 0 Å². The summed E-state index contributed by atoms with van der Waals surface area (Å²) in [4.78, 5) is 9.90. The van der Waals surface area contributed by atoms with Crippen molar-refractivity contribution in [1.82, 2.24) is 14.8 Å². The lowest BCUT2D eigenvalue weighted by atomic mass is 10.1. The molecule has 0 N–H and O–H groups in total. The van der Waals surface area contributed by atoms with Crippen molar-refractivity contribution in [3.8, 4) is 0 Å². The molecule has 0 bridgehead atoms. The van der Waals surface area contributed by atoms with E-state index in [2.05, 4.69) is 34.0 Å². The summed E-state index contributed by atoms with van der Waals surface area (Å²) in [7, 11) is 0. The number of piperazine rings is 1. The fraction of sp³-hybridized carbons (Fsp3) is 0.706. The first-order valence-electron chi connectivity index (χ1n) is 8.21. The van der Waals surface area contributed by atoms with Gasteiger partial charge in [0.2, 0.25) is 0 Å². The molecule has 1 saturated heterocycles. The van der Waals surface area contributed by atoms with Crippen molar-refractivity contribution in [3.63, 3.8) is 0 Å². The van der Waals surface area contributed by atoms with Crippen molar-refractivity contribution in [3.05, 3.63) is 29.1 Å². The fourth-order valence-corrected chi connectivity index (χ4v) is 3.47. The van der Waals surface area contributed by atoms with Crippen LogP contribution in [0.25, 0.3) is 0 Å². The van der Waals surface area contributed by atoms with E-state index in [0.717, 1.165) is 18.5 Å². The van der Waals surface area contributed by atoms with Gasteiger partial charge < -0.3 is 0 Å². The summed E-state index contributed by atoms with van der Waals surface area (Å²) in [5.74, 6) is 0.814.